The van der Waals surface area contributed by atoms with Gasteiger partial charge in [0.15, 0.2) is 0 Å². The van der Waals surface area contributed by atoms with Gasteiger partial charge in [-0.1, -0.05) is 125 Å². The summed E-state index contributed by atoms with van der Waals surface area (Å²) in [6.07, 6.45) is -10.2. The molecule has 11 rings (SSSR count). The van der Waals surface area contributed by atoms with Crippen molar-refractivity contribution in [3.05, 3.63) is 215 Å². The van der Waals surface area contributed by atoms with Crippen LogP contribution in [0, 0.1) is 39.0 Å². The fourth-order valence-electron chi connectivity index (χ4n) is 10.6. The Morgan fingerprint density at radius 3 is 1.31 bits per heavy atom. The monoisotopic (exact) mass is 929 g/mol. The van der Waals surface area contributed by atoms with Crippen molar-refractivity contribution in [2.45, 2.75) is 40.0 Å². The van der Waals surface area contributed by atoms with E-state index in [0.717, 1.165) is 83.2 Å². The Bertz CT molecular complexity index is 3920. The number of nitrogens with zero attached hydrogens (tertiary/aromatic N) is 3. The first-order chi connectivity index (χ1) is 33.5. The lowest BCUT2D eigenvalue weighted by Gasteiger charge is -2.22. The lowest BCUT2D eigenvalue weighted by atomic mass is 9.90. The number of benzene rings is 9. The highest BCUT2D eigenvalue weighted by molar-refractivity contribution is 6.13. The molecule has 3 nitrogen and oxygen atoms in total. The molecule has 0 saturated heterocycles. The first kappa shape index (κ1) is 44.2. The molecule has 0 fully saturated rings. The summed E-state index contributed by atoms with van der Waals surface area (Å²) in [5.74, 6) is 0. The molecule has 0 bridgehead atoms. The van der Waals surface area contributed by atoms with Gasteiger partial charge in [-0.2, -0.15) is 31.6 Å². The molecule has 11 aromatic rings. The number of aryl methyl sites for hydroxylation is 4. The van der Waals surface area contributed by atoms with Gasteiger partial charge in [0.2, 0.25) is 0 Å². The number of rotatable bonds is 6. The zero-order valence-corrected chi connectivity index (χ0v) is 38.4. The molecule has 2 heterocycles. The van der Waals surface area contributed by atoms with E-state index in [1.807, 2.05) is 79.1 Å². The van der Waals surface area contributed by atoms with Crippen LogP contribution >= 0.6 is 0 Å². The summed E-state index contributed by atoms with van der Waals surface area (Å²) in [7, 11) is 0. The highest BCUT2D eigenvalue weighted by atomic mass is 19.4. The Kier molecular flexibility index (Phi) is 10.4. The smallest absolute Gasteiger partial charge is 0.309 e. The van der Waals surface area contributed by atoms with Crippen molar-refractivity contribution >= 4 is 43.6 Å². The molecule has 0 spiro atoms. The van der Waals surface area contributed by atoms with E-state index in [-0.39, 0.29) is 5.56 Å². The fraction of sp³-hybridized carbons (Fsp3) is 0.0984. The number of hydrogen-bond donors (Lipinski definition) is 0. The predicted octanol–water partition coefficient (Wildman–Crippen LogP) is 17.7. The average Bonchev–Trinajstić information content (AvgIpc) is 3.84. The van der Waals surface area contributed by atoms with Crippen LogP contribution in [0.15, 0.2) is 176 Å². The van der Waals surface area contributed by atoms with E-state index >= 15 is 0 Å². The molecule has 0 radical (unpaired) electrons. The first-order valence-electron chi connectivity index (χ1n) is 22.8. The topological polar surface area (TPSA) is 33.6 Å². The maximum atomic E-state index is 15.0. The summed E-state index contributed by atoms with van der Waals surface area (Å²) < 4.78 is 93.8. The van der Waals surface area contributed by atoms with Crippen molar-refractivity contribution in [1.29, 1.82) is 5.26 Å². The molecular formula is C61H41F6N3. The fourth-order valence-corrected chi connectivity index (χ4v) is 10.6. The number of nitriles is 1. The average molecular weight is 930 g/mol. The van der Waals surface area contributed by atoms with Gasteiger partial charge in [0.05, 0.1) is 56.2 Å². The zero-order chi connectivity index (χ0) is 48.8. The molecule has 0 aliphatic carbocycles. The van der Waals surface area contributed by atoms with Crippen LogP contribution in [-0.2, 0) is 12.4 Å². The third-order valence-electron chi connectivity index (χ3n) is 13.3. The maximum Gasteiger partial charge on any atom is 0.417 e. The second kappa shape index (κ2) is 16.4. The highest BCUT2D eigenvalue weighted by Crippen LogP contribution is 2.48. The second-order valence-corrected chi connectivity index (χ2v) is 18.2. The molecule has 9 aromatic carbocycles. The van der Waals surface area contributed by atoms with Crippen LogP contribution in [0.25, 0.3) is 99.5 Å². The van der Waals surface area contributed by atoms with E-state index in [2.05, 4.69) is 91.2 Å². The normalized spacial score (nSPS) is 12.1. The molecule has 9 heteroatoms. The molecular weight excluding hydrogens is 889 g/mol. The van der Waals surface area contributed by atoms with Crippen LogP contribution in [0.2, 0.25) is 0 Å². The maximum absolute atomic E-state index is 15.0. The van der Waals surface area contributed by atoms with Crippen molar-refractivity contribution < 1.29 is 26.3 Å². The molecule has 0 N–H and O–H groups in total. The molecule has 0 saturated carbocycles. The number of fused-ring (bicyclic) bond motifs is 6. The molecule has 0 aliphatic rings. The van der Waals surface area contributed by atoms with E-state index in [1.165, 1.54) is 12.1 Å². The van der Waals surface area contributed by atoms with E-state index in [1.54, 1.807) is 18.2 Å². The van der Waals surface area contributed by atoms with Crippen LogP contribution in [-0.4, -0.2) is 9.13 Å². The summed E-state index contributed by atoms with van der Waals surface area (Å²) >= 11 is 0. The Hall–Kier alpha value is -8.35. The van der Waals surface area contributed by atoms with Gasteiger partial charge < -0.3 is 9.13 Å². The SMILES string of the molecule is Cc1cc(C)cc(-c2ccc3c(c2)c2ccccc2n3-c2ccc(C#N)cc2-c2ccc(-c3c(C(F)(F)F)cccc3C(F)(F)F)cc2-n2c3ccccc3c3cc(-c4cc(C)cc(C)c4)ccc32)c1. The third-order valence-corrected chi connectivity index (χ3v) is 13.3. The van der Waals surface area contributed by atoms with Crippen LogP contribution in [0.1, 0.15) is 38.9 Å². The molecule has 0 amide bonds. The summed E-state index contributed by atoms with van der Waals surface area (Å²) in [5.41, 5.74) is 9.89. The van der Waals surface area contributed by atoms with E-state index in [4.69, 9.17) is 0 Å². The number of halogens is 6. The van der Waals surface area contributed by atoms with Crippen molar-refractivity contribution in [2.75, 3.05) is 0 Å². The first-order valence-corrected chi connectivity index (χ1v) is 22.8. The quantitative estimate of drug-likeness (QED) is 0.153. The van der Waals surface area contributed by atoms with Gasteiger partial charge in [0, 0.05) is 38.2 Å². The van der Waals surface area contributed by atoms with Crippen LogP contribution in [0.5, 0.6) is 0 Å². The Morgan fingerprint density at radius 1 is 0.371 bits per heavy atom. The highest BCUT2D eigenvalue weighted by Gasteiger charge is 2.41. The largest absolute Gasteiger partial charge is 0.417 e. The third kappa shape index (κ3) is 7.48. The summed E-state index contributed by atoms with van der Waals surface area (Å²) in [4.78, 5) is 0. The predicted molar refractivity (Wildman–Crippen MR) is 271 cm³/mol. The standard InChI is InChI=1S/C61H41F6N3/c1-35-24-36(2)27-43(26-35)40-18-22-56-49(31-40)45-10-5-7-14-53(45)69(56)55-21-16-39(34-68)30-48(55)47-20-17-42(59-51(60(62,63)64)12-9-13-52(59)61(65,66)67)33-58(47)70-54-15-8-6-11-46(54)50-32-41(19-23-57(50)70)44-28-37(3)25-38(4)29-44/h5-33H,1-4H3. The molecule has 0 aliphatic heterocycles. The zero-order valence-electron chi connectivity index (χ0n) is 38.4. The lowest BCUT2D eigenvalue weighted by Crippen LogP contribution is -2.14. The van der Waals surface area contributed by atoms with Crippen LogP contribution in [0.4, 0.5) is 26.3 Å². The Morgan fingerprint density at radius 2 is 0.829 bits per heavy atom. The molecule has 70 heavy (non-hydrogen) atoms. The second-order valence-electron chi connectivity index (χ2n) is 18.2. The number of alkyl halides is 6. The van der Waals surface area contributed by atoms with E-state index < -0.39 is 29.0 Å². The Balaban J connectivity index is 1.24. The van der Waals surface area contributed by atoms with Gasteiger partial charge >= 0.3 is 12.4 Å². The van der Waals surface area contributed by atoms with Gasteiger partial charge in [0.1, 0.15) is 0 Å². The van der Waals surface area contributed by atoms with Gasteiger partial charge in [-0.15, -0.1) is 0 Å². The molecule has 342 valence electrons. The minimum atomic E-state index is -5.12. The summed E-state index contributed by atoms with van der Waals surface area (Å²) in [5, 5.41) is 14.1. The van der Waals surface area contributed by atoms with Crippen LogP contribution in [0.3, 0.4) is 0 Å². The van der Waals surface area contributed by atoms with Gasteiger partial charge in [0.25, 0.3) is 0 Å². The minimum absolute atomic E-state index is 0.273. The summed E-state index contributed by atoms with van der Waals surface area (Å²) in [6, 6.07) is 54.9. The summed E-state index contributed by atoms with van der Waals surface area (Å²) in [6.45, 7) is 8.21. The molecule has 0 unspecified atom stereocenters. The van der Waals surface area contributed by atoms with Crippen molar-refractivity contribution in [3.8, 4) is 62.0 Å². The van der Waals surface area contributed by atoms with E-state index in [0.29, 0.717) is 51.2 Å². The number of aromatic nitrogens is 2. The van der Waals surface area contributed by atoms with Crippen molar-refractivity contribution in [2.24, 2.45) is 0 Å². The molecule has 0 atom stereocenters. The van der Waals surface area contributed by atoms with Gasteiger partial charge in [-0.25, -0.2) is 0 Å². The number of para-hydroxylation sites is 2. The van der Waals surface area contributed by atoms with Crippen molar-refractivity contribution in [1.82, 2.24) is 9.13 Å². The minimum Gasteiger partial charge on any atom is -0.309 e. The number of hydrogen-bond acceptors (Lipinski definition) is 1. The van der Waals surface area contributed by atoms with Crippen LogP contribution < -0.4 is 0 Å². The van der Waals surface area contributed by atoms with E-state index in [9.17, 15) is 31.6 Å². The molecule has 2 aromatic heterocycles. The van der Waals surface area contributed by atoms with Crippen molar-refractivity contribution in [3.63, 3.8) is 0 Å². The van der Waals surface area contributed by atoms with Gasteiger partial charge in [-0.3, -0.25) is 0 Å². The Labute approximate surface area is 399 Å². The lowest BCUT2D eigenvalue weighted by molar-refractivity contribution is -0.142. The van der Waals surface area contributed by atoms with Gasteiger partial charge in [-0.05, 0) is 128 Å².